The molecule has 1 saturated carbocycles. The number of nitrogens with one attached hydrogen (secondary N) is 2. The summed E-state index contributed by atoms with van der Waals surface area (Å²) in [6, 6.07) is 8.87. The van der Waals surface area contributed by atoms with E-state index in [-0.39, 0.29) is 18.4 Å². The van der Waals surface area contributed by atoms with Gasteiger partial charge in [0.2, 0.25) is 5.91 Å². The van der Waals surface area contributed by atoms with Crippen LogP contribution in [-0.4, -0.2) is 23.3 Å². The second-order valence-corrected chi connectivity index (χ2v) is 7.27. The van der Waals surface area contributed by atoms with Crippen LogP contribution in [0.1, 0.15) is 59.1 Å². The number of benzene rings is 1. The van der Waals surface area contributed by atoms with Crippen molar-refractivity contribution in [2.75, 3.05) is 6.54 Å². The van der Waals surface area contributed by atoms with Crippen molar-refractivity contribution in [3.63, 3.8) is 0 Å². The zero-order valence-electron chi connectivity index (χ0n) is 14.2. The number of rotatable bonds is 6. The summed E-state index contributed by atoms with van der Waals surface area (Å²) in [6.07, 6.45) is 6.35. The Labute approximate surface area is 151 Å². The summed E-state index contributed by atoms with van der Waals surface area (Å²) in [4.78, 5) is 28.5. The van der Waals surface area contributed by atoms with Crippen LogP contribution in [0.3, 0.4) is 0 Å². The summed E-state index contributed by atoms with van der Waals surface area (Å²) < 4.78 is 0. The molecule has 1 fully saturated rings. The molecule has 1 aromatic carbocycles. The Hall–Kier alpha value is -2.21. The molecule has 1 aromatic heterocycles. The molecule has 3 rings (SSSR count). The normalized spacial score (nSPS) is 14.9. The molecular formula is C19H23N3O2S. The zero-order chi connectivity index (χ0) is 17.5. The number of carbonyl (C=O) groups is 2. The van der Waals surface area contributed by atoms with Crippen molar-refractivity contribution < 1.29 is 9.59 Å². The average molecular weight is 357 g/mol. The lowest BCUT2D eigenvalue weighted by atomic mass is 9.87. The number of aromatic nitrogens is 1. The third-order valence-electron chi connectivity index (χ3n) is 4.48. The maximum atomic E-state index is 11.9. The van der Waals surface area contributed by atoms with Crippen molar-refractivity contribution in [2.45, 2.75) is 44.6 Å². The van der Waals surface area contributed by atoms with Crippen molar-refractivity contribution in [3.05, 3.63) is 52.0 Å². The third kappa shape index (κ3) is 5.13. The molecule has 5 nitrogen and oxygen atoms in total. The highest BCUT2D eigenvalue weighted by Crippen LogP contribution is 2.32. The second kappa shape index (κ2) is 8.76. The minimum absolute atomic E-state index is 0.0331. The van der Waals surface area contributed by atoms with Gasteiger partial charge in [0, 0.05) is 16.9 Å². The summed E-state index contributed by atoms with van der Waals surface area (Å²) >= 11 is 1.59. The van der Waals surface area contributed by atoms with Crippen LogP contribution in [0.2, 0.25) is 0 Å². The molecule has 0 radical (unpaired) electrons. The summed E-state index contributed by atoms with van der Waals surface area (Å²) in [6.45, 7) is 0.381. The Bertz CT molecular complexity index is 708. The predicted molar refractivity (Wildman–Crippen MR) is 98.6 cm³/mol. The second-order valence-electron chi connectivity index (χ2n) is 6.33. The highest BCUT2D eigenvalue weighted by molar-refractivity contribution is 7.09. The molecule has 132 valence electrons. The Kier molecular flexibility index (Phi) is 6.17. The number of hydrogen-bond donors (Lipinski definition) is 2. The lowest BCUT2D eigenvalue weighted by Gasteiger charge is -2.19. The molecule has 0 bridgehead atoms. The molecule has 2 aromatic rings. The molecule has 0 spiro atoms. The molecule has 25 heavy (non-hydrogen) atoms. The van der Waals surface area contributed by atoms with E-state index < -0.39 is 0 Å². The van der Waals surface area contributed by atoms with E-state index in [2.05, 4.69) is 21.0 Å². The number of hydrogen-bond acceptors (Lipinski definition) is 4. The van der Waals surface area contributed by atoms with Crippen molar-refractivity contribution in [1.82, 2.24) is 15.6 Å². The molecule has 2 N–H and O–H groups in total. The lowest BCUT2D eigenvalue weighted by molar-refractivity contribution is -0.120. The molecule has 0 aliphatic heterocycles. The first-order valence-corrected chi connectivity index (χ1v) is 9.64. The quantitative estimate of drug-likeness (QED) is 0.834. The number of thiazole rings is 1. The van der Waals surface area contributed by atoms with Gasteiger partial charge in [-0.1, -0.05) is 37.5 Å². The van der Waals surface area contributed by atoms with Gasteiger partial charge in [0.25, 0.3) is 5.91 Å². The molecule has 0 unspecified atom stereocenters. The molecule has 1 heterocycles. The summed E-state index contributed by atoms with van der Waals surface area (Å²) in [7, 11) is 0. The summed E-state index contributed by atoms with van der Waals surface area (Å²) in [5, 5.41) is 8.48. The predicted octanol–water partition coefficient (Wildman–Crippen LogP) is 3.24. The van der Waals surface area contributed by atoms with Gasteiger partial charge in [-0.3, -0.25) is 9.59 Å². The van der Waals surface area contributed by atoms with E-state index in [0.29, 0.717) is 18.0 Å². The zero-order valence-corrected chi connectivity index (χ0v) is 15.0. The summed E-state index contributed by atoms with van der Waals surface area (Å²) in [5.74, 6) is 0.128. The third-order valence-corrected chi connectivity index (χ3v) is 5.34. The SMILES string of the molecule is O=C(CNC(=O)c1ccccc1)NCc1nc(C2CCCCC2)cs1. The first-order valence-electron chi connectivity index (χ1n) is 8.76. The molecular weight excluding hydrogens is 334 g/mol. The Balaban J connectivity index is 1.41. The number of amides is 2. The van der Waals surface area contributed by atoms with Crippen molar-refractivity contribution in [2.24, 2.45) is 0 Å². The van der Waals surface area contributed by atoms with Gasteiger partial charge in [-0.25, -0.2) is 4.98 Å². The Morgan fingerprint density at radius 2 is 1.84 bits per heavy atom. The van der Waals surface area contributed by atoms with Gasteiger partial charge in [0.15, 0.2) is 0 Å². The van der Waals surface area contributed by atoms with Crippen LogP contribution in [0.5, 0.6) is 0 Å². The topological polar surface area (TPSA) is 71.1 Å². The van der Waals surface area contributed by atoms with E-state index in [0.717, 1.165) is 5.01 Å². The van der Waals surface area contributed by atoms with Crippen LogP contribution < -0.4 is 10.6 Å². The minimum Gasteiger partial charge on any atom is -0.348 e. The molecule has 1 aliphatic carbocycles. The van der Waals surface area contributed by atoms with Crippen LogP contribution in [-0.2, 0) is 11.3 Å². The van der Waals surface area contributed by atoms with Crippen LogP contribution in [0.4, 0.5) is 0 Å². The maximum absolute atomic E-state index is 11.9. The first kappa shape index (κ1) is 17.6. The largest absolute Gasteiger partial charge is 0.348 e. The summed E-state index contributed by atoms with van der Waals surface area (Å²) in [5.41, 5.74) is 1.72. The molecule has 0 atom stereocenters. The molecule has 1 aliphatic rings. The number of nitrogens with zero attached hydrogens (tertiary/aromatic N) is 1. The standard InChI is InChI=1S/C19H23N3O2S/c23-17(11-21-19(24)15-9-5-2-6-10-15)20-12-18-22-16(13-25-18)14-7-3-1-4-8-14/h2,5-6,9-10,13-14H,1,3-4,7-8,11-12H2,(H,20,23)(H,21,24). The van der Waals surface area contributed by atoms with E-state index in [9.17, 15) is 9.59 Å². The van der Waals surface area contributed by atoms with Crippen LogP contribution >= 0.6 is 11.3 Å². The van der Waals surface area contributed by atoms with Crippen LogP contribution in [0.15, 0.2) is 35.7 Å². The van der Waals surface area contributed by atoms with Crippen LogP contribution in [0.25, 0.3) is 0 Å². The first-order chi connectivity index (χ1) is 12.2. The van der Waals surface area contributed by atoms with Gasteiger partial charge < -0.3 is 10.6 Å². The van der Waals surface area contributed by atoms with Gasteiger partial charge in [-0.2, -0.15) is 0 Å². The van der Waals surface area contributed by atoms with E-state index in [1.54, 1.807) is 35.6 Å². The Morgan fingerprint density at radius 3 is 2.60 bits per heavy atom. The highest BCUT2D eigenvalue weighted by atomic mass is 32.1. The minimum atomic E-state index is -0.246. The van der Waals surface area contributed by atoms with E-state index in [1.807, 2.05) is 6.07 Å². The van der Waals surface area contributed by atoms with Crippen molar-refractivity contribution in [1.29, 1.82) is 0 Å². The van der Waals surface area contributed by atoms with E-state index in [1.165, 1.54) is 37.8 Å². The fourth-order valence-corrected chi connectivity index (χ4v) is 3.90. The molecule has 2 amide bonds. The van der Waals surface area contributed by atoms with Gasteiger partial charge >= 0.3 is 0 Å². The molecule has 6 heteroatoms. The van der Waals surface area contributed by atoms with Gasteiger partial charge in [0.05, 0.1) is 18.8 Å². The fourth-order valence-electron chi connectivity index (χ4n) is 3.08. The van der Waals surface area contributed by atoms with Crippen molar-refractivity contribution in [3.8, 4) is 0 Å². The highest BCUT2D eigenvalue weighted by Gasteiger charge is 2.18. The van der Waals surface area contributed by atoms with E-state index >= 15 is 0 Å². The van der Waals surface area contributed by atoms with Crippen LogP contribution in [0, 0.1) is 0 Å². The Morgan fingerprint density at radius 1 is 1.08 bits per heavy atom. The molecule has 0 saturated heterocycles. The van der Waals surface area contributed by atoms with Gasteiger partial charge in [0.1, 0.15) is 5.01 Å². The van der Waals surface area contributed by atoms with Gasteiger partial charge in [-0.05, 0) is 25.0 Å². The van der Waals surface area contributed by atoms with Crippen molar-refractivity contribution >= 4 is 23.2 Å². The lowest BCUT2D eigenvalue weighted by Crippen LogP contribution is -2.36. The fraction of sp³-hybridized carbons (Fsp3) is 0.421. The van der Waals surface area contributed by atoms with Gasteiger partial charge in [-0.15, -0.1) is 11.3 Å². The smallest absolute Gasteiger partial charge is 0.251 e. The maximum Gasteiger partial charge on any atom is 0.251 e. The average Bonchev–Trinajstić information content (AvgIpc) is 3.15. The number of carbonyl (C=O) groups excluding carboxylic acids is 2. The van der Waals surface area contributed by atoms with E-state index in [4.69, 9.17) is 0 Å². The monoisotopic (exact) mass is 357 g/mol.